The Bertz CT molecular complexity index is 584. The molecule has 2 aliphatic heterocycles. The summed E-state index contributed by atoms with van der Waals surface area (Å²) < 4.78 is 0. The van der Waals surface area contributed by atoms with Gasteiger partial charge in [0.25, 0.3) is 0 Å². The van der Waals surface area contributed by atoms with E-state index in [1.165, 1.54) is 10.6 Å². The lowest BCUT2D eigenvalue weighted by Gasteiger charge is -2.47. The molecule has 144 valence electrons. The van der Waals surface area contributed by atoms with Crippen LogP contribution in [0.15, 0.2) is 23.3 Å². The molecule has 0 amide bonds. The molecule has 5 nitrogen and oxygen atoms in total. The lowest BCUT2D eigenvalue weighted by Crippen LogP contribution is -2.56. The molecule has 0 unspecified atom stereocenters. The van der Waals surface area contributed by atoms with Crippen LogP contribution in [0, 0.1) is 0 Å². The summed E-state index contributed by atoms with van der Waals surface area (Å²) in [7, 11) is 0. The summed E-state index contributed by atoms with van der Waals surface area (Å²) in [5.74, 6) is -0.826. The fourth-order valence-electron chi connectivity index (χ4n) is 3.59. The summed E-state index contributed by atoms with van der Waals surface area (Å²) in [6.45, 7) is 18.2. The molecule has 3 N–H and O–H groups in total. The highest BCUT2D eigenvalue weighted by atomic mass is 16.5. The van der Waals surface area contributed by atoms with Crippen molar-refractivity contribution < 1.29 is 15.1 Å². The molecule has 0 aromatic rings. The highest BCUT2D eigenvalue weighted by Gasteiger charge is 2.40. The van der Waals surface area contributed by atoms with Crippen molar-refractivity contribution in [1.29, 1.82) is 0 Å². The van der Waals surface area contributed by atoms with Crippen LogP contribution < -0.4 is 5.32 Å². The fourth-order valence-corrected chi connectivity index (χ4v) is 3.59. The summed E-state index contributed by atoms with van der Waals surface area (Å²) in [5.41, 5.74) is 0.900. The van der Waals surface area contributed by atoms with E-state index in [-0.39, 0.29) is 16.6 Å². The third-order valence-corrected chi connectivity index (χ3v) is 5.35. The van der Waals surface area contributed by atoms with Gasteiger partial charge >= 0.3 is 5.97 Å². The number of aliphatic carboxylic acids is 1. The van der Waals surface area contributed by atoms with Crippen molar-refractivity contribution in [2.45, 2.75) is 97.3 Å². The van der Waals surface area contributed by atoms with Crippen LogP contribution in [0.2, 0.25) is 0 Å². The monoisotopic (exact) mass is 352 g/mol. The van der Waals surface area contributed by atoms with E-state index in [1.54, 1.807) is 0 Å². The van der Waals surface area contributed by atoms with Crippen LogP contribution in [0.3, 0.4) is 0 Å². The first-order valence-electron chi connectivity index (χ1n) is 8.93. The van der Waals surface area contributed by atoms with E-state index in [0.29, 0.717) is 5.57 Å². The molecule has 0 fully saturated rings. The zero-order valence-corrected chi connectivity index (χ0v) is 17.3. The molecule has 0 saturated carbocycles. The van der Waals surface area contributed by atoms with Gasteiger partial charge in [0.1, 0.15) is 0 Å². The van der Waals surface area contributed by atoms with Gasteiger partial charge in [-0.05, 0) is 75.2 Å². The van der Waals surface area contributed by atoms with Gasteiger partial charge in [-0.2, -0.15) is 5.06 Å². The molecule has 2 aliphatic rings. The Labute approximate surface area is 152 Å². The third-order valence-electron chi connectivity index (χ3n) is 5.35. The third kappa shape index (κ3) is 4.93. The highest BCUT2D eigenvalue weighted by molar-refractivity contribution is 5.89. The number of hydrogen-bond donors (Lipinski definition) is 3. The fraction of sp³-hybridized carbons (Fsp3) is 0.750. The van der Waals surface area contributed by atoms with Crippen molar-refractivity contribution in [3.63, 3.8) is 0 Å². The summed E-state index contributed by atoms with van der Waals surface area (Å²) >= 11 is 0. The molecule has 0 saturated heterocycles. The van der Waals surface area contributed by atoms with Gasteiger partial charge in [0.2, 0.25) is 0 Å². The Kier molecular flexibility index (Phi) is 6.00. The number of carboxylic acids is 1. The van der Waals surface area contributed by atoms with Gasteiger partial charge in [0.15, 0.2) is 0 Å². The maximum Gasteiger partial charge on any atom is 0.333 e. The minimum absolute atomic E-state index is 0.0115. The molecule has 0 aromatic heterocycles. The number of carboxylic acid groups (broad SMARTS) is 1. The van der Waals surface area contributed by atoms with Gasteiger partial charge in [-0.25, -0.2) is 4.79 Å². The first kappa shape index (κ1) is 21.9. The van der Waals surface area contributed by atoms with Gasteiger partial charge in [-0.15, -0.1) is 0 Å². The molecule has 0 aromatic carbocycles. The van der Waals surface area contributed by atoms with Gasteiger partial charge in [0, 0.05) is 16.6 Å². The first-order chi connectivity index (χ1) is 11.0. The van der Waals surface area contributed by atoms with Crippen LogP contribution in [0.5, 0.6) is 0 Å². The van der Waals surface area contributed by atoms with Crippen LogP contribution in [-0.4, -0.2) is 43.5 Å². The SMILES string of the molecule is CC1(C)CC=C(C(=O)O)C(C)(C)N1.CC1=CCC(C)(C)N(O)C1(C)C. The quantitative estimate of drug-likeness (QED) is 0.619. The number of rotatable bonds is 1. The van der Waals surface area contributed by atoms with Crippen molar-refractivity contribution in [2.75, 3.05) is 0 Å². The molecular formula is C20H36N2O3. The Morgan fingerprint density at radius 1 is 1.04 bits per heavy atom. The number of hydrogen-bond acceptors (Lipinski definition) is 4. The van der Waals surface area contributed by atoms with Crippen LogP contribution in [0.1, 0.15) is 75.2 Å². The second kappa shape index (κ2) is 6.86. The molecular weight excluding hydrogens is 316 g/mol. The van der Waals surface area contributed by atoms with Crippen molar-refractivity contribution in [3.8, 4) is 0 Å². The number of nitrogens with one attached hydrogen (secondary N) is 1. The van der Waals surface area contributed by atoms with Gasteiger partial charge in [0.05, 0.1) is 11.1 Å². The van der Waals surface area contributed by atoms with Crippen molar-refractivity contribution in [3.05, 3.63) is 23.3 Å². The average Bonchev–Trinajstić information content (AvgIpc) is 2.40. The second-order valence-electron chi connectivity index (χ2n) is 9.54. The Morgan fingerprint density at radius 2 is 1.56 bits per heavy atom. The van der Waals surface area contributed by atoms with Crippen molar-refractivity contribution in [2.24, 2.45) is 0 Å². The maximum absolute atomic E-state index is 10.9. The van der Waals surface area contributed by atoms with E-state index in [2.05, 4.69) is 46.0 Å². The first-order valence-corrected chi connectivity index (χ1v) is 8.93. The van der Waals surface area contributed by atoms with E-state index in [1.807, 2.05) is 33.8 Å². The lowest BCUT2D eigenvalue weighted by atomic mass is 9.82. The van der Waals surface area contributed by atoms with Crippen LogP contribution in [0.4, 0.5) is 0 Å². The molecule has 2 heterocycles. The Morgan fingerprint density at radius 3 is 1.96 bits per heavy atom. The van der Waals surface area contributed by atoms with Crippen LogP contribution >= 0.6 is 0 Å². The average molecular weight is 353 g/mol. The smallest absolute Gasteiger partial charge is 0.333 e. The molecule has 5 heteroatoms. The minimum Gasteiger partial charge on any atom is -0.478 e. The predicted molar refractivity (Wildman–Crippen MR) is 102 cm³/mol. The Balaban J connectivity index is 0.000000251. The van der Waals surface area contributed by atoms with Crippen molar-refractivity contribution in [1.82, 2.24) is 10.4 Å². The van der Waals surface area contributed by atoms with Gasteiger partial charge in [-0.1, -0.05) is 17.7 Å². The van der Waals surface area contributed by atoms with E-state index >= 15 is 0 Å². The molecule has 2 rings (SSSR count). The molecule has 0 aliphatic carbocycles. The molecule has 0 spiro atoms. The number of carbonyl (C=O) groups is 1. The Hall–Kier alpha value is -1.17. The summed E-state index contributed by atoms with van der Waals surface area (Å²) in [6, 6.07) is 0. The molecule has 0 radical (unpaired) electrons. The minimum atomic E-state index is -0.826. The highest BCUT2D eigenvalue weighted by Crippen LogP contribution is 2.36. The van der Waals surface area contributed by atoms with Gasteiger partial charge in [-0.3, -0.25) is 0 Å². The van der Waals surface area contributed by atoms with Crippen LogP contribution in [-0.2, 0) is 4.79 Å². The largest absolute Gasteiger partial charge is 0.478 e. The van der Waals surface area contributed by atoms with Gasteiger partial charge < -0.3 is 15.6 Å². The van der Waals surface area contributed by atoms with E-state index < -0.39 is 11.5 Å². The summed E-state index contributed by atoms with van der Waals surface area (Å²) in [4.78, 5) is 10.9. The summed E-state index contributed by atoms with van der Waals surface area (Å²) in [5, 5.41) is 23.6. The second-order valence-corrected chi connectivity index (χ2v) is 9.54. The van der Waals surface area contributed by atoms with E-state index in [4.69, 9.17) is 5.11 Å². The lowest BCUT2D eigenvalue weighted by molar-refractivity contribution is -0.216. The predicted octanol–water partition coefficient (Wildman–Crippen LogP) is 4.13. The number of nitrogens with zero attached hydrogens (tertiary/aromatic N) is 1. The standard InChI is InChI=1S/C10H17NO2.C10H19NO/c1-9(2)6-5-7(8(12)13)10(3,4)11-9;1-8-6-7-9(2,3)11(12)10(8,4)5/h5,11H,6H2,1-4H3,(H,12,13);6,12H,7H2,1-5H3. The van der Waals surface area contributed by atoms with Crippen molar-refractivity contribution >= 4 is 5.97 Å². The summed E-state index contributed by atoms with van der Waals surface area (Å²) in [6.07, 6.45) is 5.71. The van der Waals surface area contributed by atoms with E-state index in [0.717, 1.165) is 12.8 Å². The zero-order valence-electron chi connectivity index (χ0n) is 17.3. The topological polar surface area (TPSA) is 72.8 Å². The van der Waals surface area contributed by atoms with E-state index in [9.17, 15) is 10.0 Å². The maximum atomic E-state index is 10.9. The normalized spacial score (nSPS) is 26.6. The molecule has 0 bridgehead atoms. The zero-order chi connectivity index (χ0) is 19.8. The molecule has 25 heavy (non-hydrogen) atoms. The molecule has 0 atom stereocenters. The number of hydroxylamine groups is 2. The van der Waals surface area contributed by atoms with Crippen LogP contribution in [0.25, 0.3) is 0 Å².